The van der Waals surface area contributed by atoms with Crippen molar-refractivity contribution in [2.24, 2.45) is 0 Å². The van der Waals surface area contributed by atoms with Gasteiger partial charge in [-0.2, -0.15) is 0 Å². The van der Waals surface area contributed by atoms with Gasteiger partial charge in [0.15, 0.2) is 0 Å². The van der Waals surface area contributed by atoms with Crippen LogP contribution in [0.2, 0.25) is 0 Å². The van der Waals surface area contributed by atoms with Crippen LogP contribution >= 0.6 is 0 Å². The lowest BCUT2D eigenvalue weighted by Gasteiger charge is -2.43. The number of aromatic nitrogens is 1. The first-order valence-corrected chi connectivity index (χ1v) is 12.0. The third-order valence-electron chi connectivity index (χ3n) is 7.51. The topological polar surface area (TPSA) is 62.3 Å². The molecule has 0 spiro atoms. The highest BCUT2D eigenvalue weighted by atomic mass is 16.7. The van der Waals surface area contributed by atoms with Gasteiger partial charge in [-0.3, -0.25) is 4.90 Å². The summed E-state index contributed by atoms with van der Waals surface area (Å²) in [7, 11) is 1.68. The summed E-state index contributed by atoms with van der Waals surface area (Å²) in [6.07, 6.45) is 6.20. The molecular formula is C24H36BN5O3. The number of piperazine rings is 1. The van der Waals surface area contributed by atoms with Crippen LogP contribution in [0.25, 0.3) is 0 Å². The van der Waals surface area contributed by atoms with Gasteiger partial charge >= 0.3 is 7.12 Å². The first kappa shape index (κ1) is 22.7. The first-order valence-electron chi connectivity index (χ1n) is 12.0. The Morgan fingerprint density at radius 1 is 1.03 bits per heavy atom. The first-order chi connectivity index (χ1) is 15.7. The number of anilines is 2. The standard InChI is InChI=1S/C24H36BN5O3/c1-23(2)24(3,4)33-25(32-23)18-12-19(15-28(5)14-18)27-22-7-6-20(13-26-22)29-8-10-30(11-9-29)21-16-31-17-21/h6-7,12-14,21H,8-11,15-17H2,1-5H3,(H,26,27). The van der Waals surface area contributed by atoms with Crippen molar-refractivity contribution >= 4 is 18.6 Å². The summed E-state index contributed by atoms with van der Waals surface area (Å²) < 4.78 is 17.8. The smallest absolute Gasteiger partial charge is 0.399 e. The maximum absolute atomic E-state index is 6.25. The predicted molar refractivity (Wildman–Crippen MR) is 131 cm³/mol. The Kier molecular flexibility index (Phi) is 5.93. The van der Waals surface area contributed by atoms with Crippen LogP contribution in [0.1, 0.15) is 27.7 Å². The number of ether oxygens (including phenoxy) is 1. The van der Waals surface area contributed by atoms with E-state index in [0.717, 1.165) is 62.9 Å². The fraction of sp³-hybridized carbons (Fsp3) is 0.625. The summed E-state index contributed by atoms with van der Waals surface area (Å²) >= 11 is 0. The molecule has 178 valence electrons. The minimum Gasteiger partial charge on any atom is -0.399 e. The molecule has 1 aromatic rings. The van der Waals surface area contributed by atoms with E-state index in [-0.39, 0.29) is 18.3 Å². The molecule has 8 nitrogen and oxygen atoms in total. The molecule has 33 heavy (non-hydrogen) atoms. The van der Waals surface area contributed by atoms with Gasteiger partial charge in [0.1, 0.15) is 5.82 Å². The van der Waals surface area contributed by atoms with Crippen LogP contribution in [-0.4, -0.2) is 92.1 Å². The molecule has 0 aromatic carbocycles. The Labute approximate surface area is 197 Å². The lowest BCUT2D eigenvalue weighted by atomic mass is 9.77. The molecule has 1 N–H and O–H groups in total. The van der Waals surface area contributed by atoms with Crippen molar-refractivity contribution in [3.05, 3.63) is 41.8 Å². The maximum atomic E-state index is 6.25. The van der Waals surface area contributed by atoms with Crippen LogP contribution < -0.4 is 10.2 Å². The molecule has 0 atom stereocenters. The van der Waals surface area contributed by atoms with E-state index in [2.05, 4.69) is 79.2 Å². The van der Waals surface area contributed by atoms with E-state index in [1.807, 2.05) is 6.20 Å². The van der Waals surface area contributed by atoms with Crippen LogP contribution in [0.4, 0.5) is 11.5 Å². The van der Waals surface area contributed by atoms with Gasteiger partial charge in [-0.15, -0.1) is 0 Å². The molecule has 5 rings (SSSR count). The Morgan fingerprint density at radius 3 is 2.30 bits per heavy atom. The van der Waals surface area contributed by atoms with Crippen molar-refractivity contribution in [1.29, 1.82) is 0 Å². The molecule has 3 saturated heterocycles. The molecule has 5 heterocycles. The third-order valence-corrected chi connectivity index (χ3v) is 7.51. The molecule has 3 fully saturated rings. The van der Waals surface area contributed by atoms with Gasteiger partial charge in [0.2, 0.25) is 0 Å². The van der Waals surface area contributed by atoms with Crippen molar-refractivity contribution in [3.63, 3.8) is 0 Å². The third kappa shape index (κ3) is 4.64. The van der Waals surface area contributed by atoms with Crippen LogP contribution in [0.15, 0.2) is 41.8 Å². The fourth-order valence-electron chi connectivity index (χ4n) is 4.63. The van der Waals surface area contributed by atoms with Crippen molar-refractivity contribution < 1.29 is 14.0 Å². The fourth-order valence-corrected chi connectivity index (χ4v) is 4.63. The maximum Gasteiger partial charge on any atom is 0.496 e. The quantitative estimate of drug-likeness (QED) is 0.682. The lowest BCUT2D eigenvalue weighted by Crippen LogP contribution is -2.56. The Balaban J connectivity index is 1.21. The summed E-state index contributed by atoms with van der Waals surface area (Å²) in [5.41, 5.74) is 2.55. The number of likely N-dealkylation sites (N-methyl/N-ethyl adjacent to an activating group) is 1. The summed E-state index contributed by atoms with van der Waals surface area (Å²) in [6, 6.07) is 4.85. The highest BCUT2D eigenvalue weighted by molar-refractivity contribution is 6.55. The van der Waals surface area contributed by atoms with Crippen molar-refractivity contribution in [1.82, 2.24) is 14.8 Å². The minimum atomic E-state index is -0.380. The van der Waals surface area contributed by atoms with Crippen LogP contribution in [0.3, 0.4) is 0 Å². The molecule has 1 aromatic heterocycles. The molecule has 4 aliphatic heterocycles. The zero-order chi connectivity index (χ0) is 23.2. The number of nitrogens with one attached hydrogen (secondary N) is 1. The van der Waals surface area contributed by atoms with Gasteiger partial charge in [0.25, 0.3) is 0 Å². The largest absolute Gasteiger partial charge is 0.496 e. The molecule has 0 bridgehead atoms. The van der Waals surface area contributed by atoms with Crippen molar-refractivity contribution in [2.75, 3.05) is 63.2 Å². The van der Waals surface area contributed by atoms with E-state index in [1.165, 1.54) is 5.69 Å². The highest BCUT2D eigenvalue weighted by Gasteiger charge is 2.52. The molecule has 9 heteroatoms. The second-order valence-electron chi connectivity index (χ2n) is 10.5. The number of rotatable bonds is 5. The van der Waals surface area contributed by atoms with E-state index in [0.29, 0.717) is 6.04 Å². The van der Waals surface area contributed by atoms with Gasteiger partial charge in [-0.1, -0.05) is 0 Å². The normalized spacial score (nSPS) is 25.5. The number of allylic oxidation sites excluding steroid dienone is 2. The van der Waals surface area contributed by atoms with E-state index in [9.17, 15) is 0 Å². The van der Waals surface area contributed by atoms with Gasteiger partial charge in [-0.05, 0) is 52.1 Å². The van der Waals surface area contributed by atoms with Crippen LogP contribution in [0, 0.1) is 0 Å². The van der Waals surface area contributed by atoms with Gasteiger partial charge in [0, 0.05) is 44.4 Å². The molecule has 0 saturated carbocycles. The van der Waals surface area contributed by atoms with Crippen LogP contribution in [-0.2, 0) is 14.0 Å². The predicted octanol–water partition coefficient (Wildman–Crippen LogP) is 2.36. The zero-order valence-corrected chi connectivity index (χ0v) is 20.5. The number of pyridine rings is 1. The lowest BCUT2D eigenvalue weighted by molar-refractivity contribution is -0.0660. The van der Waals surface area contributed by atoms with E-state index < -0.39 is 0 Å². The average Bonchev–Trinajstić information content (AvgIpc) is 2.95. The summed E-state index contributed by atoms with van der Waals surface area (Å²) in [5, 5.41) is 3.49. The summed E-state index contributed by atoms with van der Waals surface area (Å²) in [6.45, 7) is 15.1. The van der Waals surface area contributed by atoms with E-state index in [1.54, 1.807) is 0 Å². The second-order valence-corrected chi connectivity index (χ2v) is 10.5. The van der Waals surface area contributed by atoms with Gasteiger partial charge in [0.05, 0.1) is 48.9 Å². The molecule has 4 aliphatic rings. The molecule has 0 unspecified atom stereocenters. The molecule has 0 aliphatic carbocycles. The van der Waals surface area contributed by atoms with Gasteiger partial charge in [-0.25, -0.2) is 4.98 Å². The Hall–Kier alpha value is -2.07. The summed E-state index contributed by atoms with van der Waals surface area (Å²) in [5.74, 6) is 0.846. The van der Waals surface area contributed by atoms with E-state index >= 15 is 0 Å². The average molecular weight is 453 g/mol. The SMILES string of the molecule is CN1C=C(B2OC(C)(C)C(C)(C)O2)C=C(Nc2ccc(N3CCN(C4COC4)CC3)cn2)C1. The monoisotopic (exact) mass is 453 g/mol. The zero-order valence-electron chi connectivity index (χ0n) is 20.5. The highest BCUT2D eigenvalue weighted by Crippen LogP contribution is 2.39. The molecule has 0 amide bonds. The van der Waals surface area contributed by atoms with Crippen molar-refractivity contribution in [2.45, 2.75) is 44.9 Å². The Bertz CT molecular complexity index is 905. The molecular weight excluding hydrogens is 417 g/mol. The second kappa shape index (κ2) is 8.62. The number of hydrogen-bond donors (Lipinski definition) is 1. The van der Waals surface area contributed by atoms with Gasteiger partial charge < -0.3 is 29.2 Å². The van der Waals surface area contributed by atoms with Crippen molar-refractivity contribution in [3.8, 4) is 0 Å². The Morgan fingerprint density at radius 2 is 1.73 bits per heavy atom. The number of hydrogen-bond acceptors (Lipinski definition) is 8. The van der Waals surface area contributed by atoms with Crippen LogP contribution in [0.5, 0.6) is 0 Å². The van der Waals surface area contributed by atoms with E-state index in [4.69, 9.17) is 19.0 Å². The summed E-state index contributed by atoms with van der Waals surface area (Å²) in [4.78, 5) is 11.8. The molecule has 0 radical (unpaired) electrons. The number of nitrogens with zero attached hydrogens (tertiary/aromatic N) is 4. The minimum absolute atomic E-state index is 0.357.